The highest BCUT2D eigenvalue weighted by atomic mass is 35.5. The van der Waals surface area contributed by atoms with E-state index in [0.29, 0.717) is 10.6 Å². The molecule has 2 aromatic rings. The number of halogens is 1. The van der Waals surface area contributed by atoms with Crippen LogP contribution in [0.3, 0.4) is 0 Å². The molecule has 0 aliphatic carbocycles. The molecule has 0 bridgehead atoms. The first-order chi connectivity index (χ1) is 8.97. The number of amides is 1. The maximum absolute atomic E-state index is 11.2. The first-order valence-corrected chi connectivity index (χ1v) is 7.01. The molecule has 0 saturated heterocycles. The number of aromatic nitrogens is 1. The SMILES string of the molecule is Cc1nc(C(C)Nc2ccc(Cl)c(C(N)=O)c2)cs1. The molecule has 0 spiro atoms. The molecule has 100 valence electrons. The quantitative estimate of drug-likeness (QED) is 0.908. The number of nitrogens with two attached hydrogens (primary N) is 1. The lowest BCUT2D eigenvalue weighted by Crippen LogP contribution is -2.13. The Kier molecular flexibility index (Phi) is 4.07. The Labute approximate surface area is 120 Å². The van der Waals surface area contributed by atoms with Crippen LogP contribution in [0.4, 0.5) is 5.69 Å². The number of carbonyl (C=O) groups excluding carboxylic acids is 1. The molecule has 1 unspecified atom stereocenters. The molecule has 1 amide bonds. The number of primary amides is 1. The van der Waals surface area contributed by atoms with E-state index in [1.165, 1.54) is 0 Å². The number of anilines is 1. The van der Waals surface area contributed by atoms with Gasteiger partial charge in [-0.05, 0) is 32.0 Å². The fourth-order valence-corrected chi connectivity index (χ4v) is 2.62. The Hall–Kier alpha value is -1.59. The van der Waals surface area contributed by atoms with Crippen molar-refractivity contribution in [3.05, 3.63) is 44.9 Å². The summed E-state index contributed by atoms with van der Waals surface area (Å²) in [5, 5.41) is 6.67. The van der Waals surface area contributed by atoms with E-state index in [1.54, 1.807) is 23.5 Å². The van der Waals surface area contributed by atoms with Gasteiger partial charge in [0.25, 0.3) is 0 Å². The van der Waals surface area contributed by atoms with Crippen molar-refractivity contribution in [2.24, 2.45) is 5.73 Å². The first-order valence-electron chi connectivity index (χ1n) is 5.75. The Morgan fingerprint density at radius 3 is 2.84 bits per heavy atom. The number of thiazole rings is 1. The van der Waals surface area contributed by atoms with E-state index in [0.717, 1.165) is 16.4 Å². The highest BCUT2D eigenvalue weighted by Gasteiger charge is 2.11. The molecule has 1 atom stereocenters. The zero-order chi connectivity index (χ0) is 14.0. The molecular formula is C13H14ClN3OS. The average molecular weight is 296 g/mol. The summed E-state index contributed by atoms with van der Waals surface area (Å²) in [6, 6.07) is 5.17. The lowest BCUT2D eigenvalue weighted by Gasteiger charge is -2.14. The fraction of sp³-hybridized carbons (Fsp3) is 0.231. The lowest BCUT2D eigenvalue weighted by molar-refractivity contribution is 0.100. The number of benzene rings is 1. The number of nitrogens with one attached hydrogen (secondary N) is 1. The van der Waals surface area contributed by atoms with Gasteiger partial charge in [-0.1, -0.05) is 11.6 Å². The van der Waals surface area contributed by atoms with Gasteiger partial charge in [0.15, 0.2) is 0 Å². The molecule has 0 saturated carbocycles. The molecule has 0 aliphatic heterocycles. The van der Waals surface area contributed by atoms with Gasteiger partial charge in [0.1, 0.15) is 0 Å². The van der Waals surface area contributed by atoms with Gasteiger partial charge in [0.05, 0.1) is 27.3 Å². The van der Waals surface area contributed by atoms with Crippen LogP contribution in [0.1, 0.15) is 34.0 Å². The topological polar surface area (TPSA) is 68.0 Å². The standard InChI is InChI=1S/C13H14ClN3OS/c1-7(12-6-19-8(2)17-12)16-9-3-4-11(14)10(5-9)13(15)18/h3-7,16H,1-2H3,(H2,15,18). The molecule has 4 nitrogen and oxygen atoms in total. The highest BCUT2D eigenvalue weighted by Crippen LogP contribution is 2.24. The van der Waals surface area contributed by atoms with Gasteiger partial charge >= 0.3 is 0 Å². The lowest BCUT2D eigenvalue weighted by atomic mass is 10.1. The minimum atomic E-state index is -0.536. The van der Waals surface area contributed by atoms with Crippen molar-refractivity contribution >= 4 is 34.5 Å². The molecule has 0 radical (unpaired) electrons. The van der Waals surface area contributed by atoms with E-state index in [-0.39, 0.29) is 6.04 Å². The molecule has 0 aliphatic rings. The molecular weight excluding hydrogens is 282 g/mol. The maximum Gasteiger partial charge on any atom is 0.250 e. The summed E-state index contributed by atoms with van der Waals surface area (Å²) < 4.78 is 0. The van der Waals surface area contributed by atoms with E-state index >= 15 is 0 Å². The van der Waals surface area contributed by atoms with Crippen molar-refractivity contribution in [3.63, 3.8) is 0 Å². The van der Waals surface area contributed by atoms with Gasteiger partial charge in [-0.2, -0.15) is 0 Å². The number of rotatable bonds is 4. The molecule has 19 heavy (non-hydrogen) atoms. The molecule has 2 rings (SSSR count). The predicted molar refractivity (Wildman–Crippen MR) is 78.9 cm³/mol. The molecule has 6 heteroatoms. The molecule has 1 heterocycles. The zero-order valence-electron chi connectivity index (χ0n) is 10.6. The van der Waals surface area contributed by atoms with Gasteiger partial charge in [-0.25, -0.2) is 4.98 Å². The molecule has 1 aromatic heterocycles. The maximum atomic E-state index is 11.2. The number of aryl methyl sites for hydroxylation is 1. The van der Waals surface area contributed by atoms with Crippen molar-refractivity contribution in [2.75, 3.05) is 5.32 Å². The van der Waals surface area contributed by atoms with Crippen LogP contribution in [0.2, 0.25) is 5.02 Å². The van der Waals surface area contributed by atoms with E-state index in [2.05, 4.69) is 10.3 Å². The van der Waals surface area contributed by atoms with Crippen LogP contribution < -0.4 is 11.1 Å². The largest absolute Gasteiger partial charge is 0.377 e. The normalized spacial score (nSPS) is 12.2. The number of nitrogens with zero attached hydrogens (tertiary/aromatic N) is 1. The molecule has 1 aromatic carbocycles. The van der Waals surface area contributed by atoms with Crippen molar-refractivity contribution in [1.82, 2.24) is 4.98 Å². The number of hydrogen-bond acceptors (Lipinski definition) is 4. The van der Waals surface area contributed by atoms with E-state index in [1.807, 2.05) is 25.3 Å². The summed E-state index contributed by atoms with van der Waals surface area (Å²) in [7, 11) is 0. The van der Waals surface area contributed by atoms with E-state index in [4.69, 9.17) is 17.3 Å². The van der Waals surface area contributed by atoms with Gasteiger partial charge in [-0.3, -0.25) is 4.79 Å². The van der Waals surface area contributed by atoms with Crippen LogP contribution in [0.25, 0.3) is 0 Å². The third-order valence-corrected chi connectivity index (χ3v) is 3.82. The Morgan fingerprint density at radius 2 is 2.26 bits per heavy atom. The van der Waals surface area contributed by atoms with Crippen molar-refractivity contribution in [3.8, 4) is 0 Å². The summed E-state index contributed by atoms with van der Waals surface area (Å²) in [5.74, 6) is -0.536. The molecule has 3 N–H and O–H groups in total. The monoisotopic (exact) mass is 295 g/mol. The van der Waals surface area contributed by atoms with Crippen molar-refractivity contribution in [2.45, 2.75) is 19.9 Å². The summed E-state index contributed by atoms with van der Waals surface area (Å²) in [5.41, 5.74) is 7.34. The predicted octanol–water partition coefficient (Wildman–Crippen LogP) is 3.38. The van der Waals surface area contributed by atoms with Crippen LogP contribution in [-0.4, -0.2) is 10.9 Å². The highest BCUT2D eigenvalue weighted by molar-refractivity contribution is 7.09. The van der Waals surface area contributed by atoms with E-state index < -0.39 is 5.91 Å². The minimum Gasteiger partial charge on any atom is -0.377 e. The Balaban J connectivity index is 2.19. The van der Waals surface area contributed by atoms with Gasteiger partial charge in [-0.15, -0.1) is 11.3 Å². The number of hydrogen-bond donors (Lipinski definition) is 2. The van der Waals surface area contributed by atoms with Gasteiger partial charge in [0.2, 0.25) is 5.91 Å². The van der Waals surface area contributed by atoms with Gasteiger partial charge in [0, 0.05) is 11.1 Å². The number of carbonyl (C=O) groups is 1. The van der Waals surface area contributed by atoms with Crippen molar-refractivity contribution < 1.29 is 4.79 Å². The third kappa shape index (κ3) is 3.24. The van der Waals surface area contributed by atoms with Crippen LogP contribution in [-0.2, 0) is 0 Å². The van der Waals surface area contributed by atoms with Crippen LogP contribution in [0.15, 0.2) is 23.6 Å². The third-order valence-electron chi connectivity index (χ3n) is 2.70. The Morgan fingerprint density at radius 1 is 1.53 bits per heavy atom. The minimum absolute atomic E-state index is 0.0480. The average Bonchev–Trinajstić information content (AvgIpc) is 2.78. The summed E-state index contributed by atoms with van der Waals surface area (Å²) in [6.45, 7) is 3.97. The van der Waals surface area contributed by atoms with Gasteiger partial charge < -0.3 is 11.1 Å². The smallest absolute Gasteiger partial charge is 0.250 e. The summed E-state index contributed by atoms with van der Waals surface area (Å²) in [4.78, 5) is 15.7. The second-order valence-corrected chi connectivity index (χ2v) is 5.69. The second kappa shape index (κ2) is 5.59. The summed E-state index contributed by atoms with van der Waals surface area (Å²) >= 11 is 7.52. The first kappa shape index (κ1) is 13.8. The fourth-order valence-electron chi connectivity index (χ4n) is 1.71. The van der Waals surface area contributed by atoms with Crippen molar-refractivity contribution in [1.29, 1.82) is 0 Å². The Bertz CT molecular complexity index is 612. The second-order valence-electron chi connectivity index (χ2n) is 4.22. The summed E-state index contributed by atoms with van der Waals surface area (Å²) in [6.07, 6.45) is 0. The zero-order valence-corrected chi connectivity index (χ0v) is 12.2. The van der Waals surface area contributed by atoms with E-state index in [9.17, 15) is 4.79 Å². The van der Waals surface area contributed by atoms with Crippen LogP contribution >= 0.6 is 22.9 Å². The van der Waals surface area contributed by atoms with Crippen LogP contribution in [0, 0.1) is 6.92 Å². The van der Waals surface area contributed by atoms with Crippen LogP contribution in [0.5, 0.6) is 0 Å². The molecule has 0 fully saturated rings.